The molecule has 0 fully saturated rings. The summed E-state index contributed by atoms with van der Waals surface area (Å²) in [5.41, 5.74) is 1.87. The summed E-state index contributed by atoms with van der Waals surface area (Å²) in [6, 6.07) is 11.3. The van der Waals surface area contributed by atoms with Gasteiger partial charge in [0.15, 0.2) is 11.5 Å². The highest BCUT2D eigenvalue weighted by Gasteiger charge is 2.13. The summed E-state index contributed by atoms with van der Waals surface area (Å²) >= 11 is 1.27. The van der Waals surface area contributed by atoms with E-state index >= 15 is 0 Å². The van der Waals surface area contributed by atoms with E-state index in [1.54, 1.807) is 27.4 Å². The number of benzene rings is 2. The van der Waals surface area contributed by atoms with Crippen molar-refractivity contribution in [1.82, 2.24) is 0 Å². The van der Waals surface area contributed by atoms with Crippen molar-refractivity contribution in [2.75, 3.05) is 26.6 Å². The predicted molar refractivity (Wildman–Crippen MR) is 102 cm³/mol. The molecule has 26 heavy (non-hydrogen) atoms. The maximum atomic E-state index is 11.1. The number of methoxy groups -OCH3 is 3. The molecule has 1 aromatic heterocycles. The van der Waals surface area contributed by atoms with Gasteiger partial charge >= 0.3 is 5.97 Å². The molecule has 7 heteroatoms. The third kappa shape index (κ3) is 3.52. The number of rotatable bonds is 7. The molecule has 3 aromatic rings. The second-order valence-electron chi connectivity index (χ2n) is 5.56. The van der Waals surface area contributed by atoms with Gasteiger partial charge in [-0.25, -0.2) is 4.79 Å². The smallest absolute Gasteiger partial charge is 0.345 e. The number of hydrogen-bond acceptors (Lipinski definition) is 6. The summed E-state index contributed by atoms with van der Waals surface area (Å²) in [4.78, 5) is 11.4. The van der Waals surface area contributed by atoms with Crippen molar-refractivity contribution in [1.29, 1.82) is 0 Å². The molecule has 0 unspecified atom stereocenters. The first kappa shape index (κ1) is 17.9. The van der Waals surface area contributed by atoms with Gasteiger partial charge in [-0.15, -0.1) is 11.3 Å². The third-order valence-electron chi connectivity index (χ3n) is 3.95. The lowest BCUT2D eigenvalue weighted by atomic mass is 10.1. The van der Waals surface area contributed by atoms with E-state index in [-0.39, 0.29) is 0 Å². The molecule has 2 aromatic carbocycles. The molecule has 0 spiro atoms. The van der Waals surface area contributed by atoms with Gasteiger partial charge in [0, 0.05) is 16.9 Å². The summed E-state index contributed by atoms with van der Waals surface area (Å²) in [6.07, 6.45) is 0. The highest BCUT2D eigenvalue weighted by Crippen LogP contribution is 2.38. The fourth-order valence-electron chi connectivity index (χ4n) is 2.70. The van der Waals surface area contributed by atoms with Gasteiger partial charge in [-0.1, -0.05) is 0 Å². The van der Waals surface area contributed by atoms with E-state index in [0.29, 0.717) is 28.7 Å². The van der Waals surface area contributed by atoms with Crippen LogP contribution in [-0.4, -0.2) is 32.4 Å². The minimum Gasteiger partial charge on any atom is -0.493 e. The Kier molecular flexibility index (Phi) is 5.18. The Bertz CT molecular complexity index is 925. The molecule has 6 nitrogen and oxygen atoms in total. The number of aromatic carboxylic acids is 1. The van der Waals surface area contributed by atoms with Crippen molar-refractivity contribution in [3.05, 3.63) is 46.8 Å². The number of fused-ring (bicyclic) bond motifs is 1. The summed E-state index contributed by atoms with van der Waals surface area (Å²) < 4.78 is 17.0. The minimum atomic E-state index is -0.905. The Morgan fingerprint density at radius 2 is 1.73 bits per heavy atom. The largest absolute Gasteiger partial charge is 0.493 e. The number of thiophene rings is 1. The van der Waals surface area contributed by atoms with Crippen LogP contribution in [-0.2, 0) is 6.54 Å². The van der Waals surface area contributed by atoms with Crippen LogP contribution in [0.2, 0.25) is 0 Å². The SMILES string of the molecule is COc1cc(CNc2ccc3sc(C(=O)O)cc3c2)cc(OC)c1OC. The fraction of sp³-hybridized carbons (Fsp3) is 0.211. The van der Waals surface area contributed by atoms with Gasteiger partial charge in [0.05, 0.1) is 21.3 Å². The zero-order valence-corrected chi connectivity index (χ0v) is 15.5. The Hall–Kier alpha value is -2.93. The standard InChI is InChI=1S/C19H19NO5S/c1-23-14-6-11(7-15(24-2)18(14)25-3)10-20-13-4-5-16-12(8-13)9-17(26-16)19(21)22/h4-9,20H,10H2,1-3H3,(H,21,22). The molecule has 0 aliphatic carbocycles. The summed E-state index contributed by atoms with van der Waals surface area (Å²) in [5.74, 6) is 0.851. The lowest BCUT2D eigenvalue weighted by Gasteiger charge is -2.15. The number of hydrogen-bond donors (Lipinski definition) is 2. The number of ether oxygens (including phenoxy) is 3. The van der Waals surface area contributed by atoms with Crippen LogP contribution in [0, 0.1) is 0 Å². The van der Waals surface area contributed by atoms with Gasteiger partial charge in [0.2, 0.25) is 5.75 Å². The number of carboxylic acids is 1. The molecule has 1 heterocycles. The van der Waals surface area contributed by atoms with Gasteiger partial charge in [-0.3, -0.25) is 0 Å². The average Bonchev–Trinajstić information content (AvgIpc) is 3.09. The molecule has 0 atom stereocenters. The number of anilines is 1. The van der Waals surface area contributed by atoms with E-state index in [4.69, 9.17) is 19.3 Å². The monoisotopic (exact) mass is 373 g/mol. The van der Waals surface area contributed by atoms with Gasteiger partial charge in [0.1, 0.15) is 4.88 Å². The molecule has 0 bridgehead atoms. The maximum Gasteiger partial charge on any atom is 0.345 e. The van der Waals surface area contributed by atoms with Crippen LogP contribution in [0.5, 0.6) is 17.2 Å². The number of nitrogens with one attached hydrogen (secondary N) is 1. The van der Waals surface area contributed by atoms with Crippen molar-refractivity contribution in [3.63, 3.8) is 0 Å². The molecule has 0 aliphatic heterocycles. The molecule has 2 N–H and O–H groups in total. The van der Waals surface area contributed by atoms with Crippen LogP contribution in [0.4, 0.5) is 5.69 Å². The average molecular weight is 373 g/mol. The van der Waals surface area contributed by atoms with Crippen LogP contribution in [0.25, 0.3) is 10.1 Å². The minimum absolute atomic E-state index is 0.335. The third-order valence-corrected chi connectivity index (χ3v) is 5.05. The van der Waals surface area contributed by atoms with Gasteiger partial charge in [-0.05, 0) is 47.3 Å². The quantitative estimate of drug-likeness (QED) is 0.645. The lowest BCUT2D eigenvalue weighted by Crippen LogP contribution is -2.02. The van der Waals surface area contributed by atoms with E-state index in [1.807, 2.05) is 30.3 Å². The molecular formula is C19H19NO5S. The molecule has 0 amide bonds. The van der Waals surface area contributed by atoms with Crippen molar-refractivity contribution >= 4 is 33.1 Å². The normalized spacial score (nSPS) is 10.6. The van der Waals surface area contributed by atoms with Crippen molar-refractivity contribution in [2.24, 2.45) is 0 Å². The summed E-state index contributed by atoms with van der Waals surface area (Å²) in [5, 5.41) is 13.4. The van der Waals surface area contributed by atoms with Crippen LogP contribution in [0.3, 0.4) is 0 Å². The first-order valence-corrected chi connectivity index (χ1v) is 8.67. The van der Waals surface area contributed by atoms with Crippen LogP contribution < -0.4 is 19.5 Å². The van der Waals surface area contributed by atoms with E-state index in [0.717, 1.165) is 21.3 Å². The van der Waals surface area contributed by atoms with E-state index < -0.39 is 5.97 Å². The molecule has 0 aliphatic rings. The Morgan fingerprint density at radius 3 is 2.31 bits per heavy atom. The summed E-state index contributed by atoms with van der Waals surface area (Å²) in [7, 11) is 4.73. The Balaban J connectivity index is 1.82. The van der Waals surface area contributed by atoms with Crippen LogP contribution >= 0.6 is 11.3 Å². The maximum absolute atomic E-state index is 11.1. The van der Waals surface area contributed by atoms with E-state index in [1.165, 1.54) is 11.3 Å². The predicted octanol–water partition coefficient (Wildman–Crippen LogP) is 4.24. The highest BCUT2D eigenvalue weighted by atomic mass is 32.1. The number of carboxylic acid groups (broad SMARTS) is 1. The molecule has 0 radical (unpaired) electrons. The fourth-order valence-corrected chi connectivity index (χ4v) is 3.58. The summed E-state index contributed by atoms with van der Waals surface area (Å²) in [6.45, 7) is 0.554. The van der Waals surface area contributed by atoms with Gasteiger partial charge < -0.3 is 24.6 Å². The zero-order chi connectivity index (χ0) is 18.7. The van der Waals surface area contributed by atoms with Gasteiger partial charge in [0.25, 0.3) is 0 Å². The van der Waals surface area contributed by atoms with Crippen molar-refractivity contribution in [2.45, 2.75) is 6.54 Å². The Labute approximate surface area is 154 Å². The van der Waals surface area contributed by atoms with Crippen molar-refractivity contribution < 1.29 is 24.1 Å². The molecule has 3 rings (SSSR count). The van der Waals surface area contributed by atoms with Crippen molar-refractivity contribution in [3.8, 4) is 17.2 Å². The topological polar surface area (TPSA) is 77.0 Å². The molecule has 0 saturated carbocycles. The second kappa shape index (κ2) is 7.53. The number of carbonyl (C=O) groups is 1. The second-order valence-corrected chi connectivity index (χ2v) is 6.64. The molecule has 136 valence electrons. The van der Waals surface area contributed by atoms with E-state index in [9.17, 15) is 4.79 Å². The molecular weight excluding hydrogens is 354 g/mol. The zero-order valence-electron chi connectivity index (χ0n) is 14.7. The molecule has 0 saturated heterocycles. The van der Waals surface area contributed by atoms with Gasteiger partial charge in [-0.2, -0.15) is 0 Å². The highest BCUT2D eigenvalue weighted by molar-refractivity contribution is 7.20. The lowest BCUT2D eigenvalue weighted by molar-refractivity contribution is 0.0702. The van der Waals surface area contributed by atoms with Crippen LogP contribution in [0.15, 0.2) is 36.4 Å². The van der Waals surface area contributed by atoms with Crippen LogP contribution in [0.1, 0.15) is 15.2 Å². The Morgan fingerprint density at radius 1 is 1.04 bits per heavy atom. The first-order valence-electron chi connectivity index (χ1n) is 7.85. The van der Waals surface area contributed by atoms with E-state index in [2.05, 4.69) is 5.32 Å². The first-order chi connectivity index (χ1) is 12.5.